The van der Waals surface area contributed by atoms with E-state index in [9.17, 15) is 4.79 Å². The topological polar surface area (TPSA) is 77.8 Å². The van der Waals surface area contributed by atoms with Gasteiger partial charge in [-0.3, -0.25) is 0 Å². The molecule has 7 heteroatoms. The summed E-state index contributed by atoms with van der Waals surface area (Å²) in [5.41, 5.74) is 2.25. The van der Waals surface area contributed by atoms with E-state index in [1.807, 2.05) is 18.2 Å². The van der Waals surface area contributed by atoms with E-state index < -0.39 is 0 Å². The van der Waals surface area contributed by atoms with Gasteiger partial charge in [0.15, 0.2) is 0 Å². The van der Waals surface area contributed by atoms with Gasteiger partial charge in [-0.25, -0.2) is 4.79 Å². The van der Waals surface area contributed by atoms with Crippen LogP contribution < -0.4 is 19.7 Å². The monoisotopic (exact) mass is 366 g/mol. The predicted octanol–water partition coefficient (Wildman–Crippen LogP) is 2.93. The molecule has 1 aliphatic heterocycles. The van der Waals surface area contributed by atoms with E-state index in [4.69, 9.17) is 14.7 Å². The molecular formula is C20H22N4O3. The highest BCUT2D eigenvalue weighted by Gasteiger charge is 2.22. The van der Waals surface area contributed by atoms with Gasteiger partial charge in [0.2, 0.25) is 0 Å². The molecule has 140 valence electrons. The van der Waals surface area contributed by atoms with Gasteiger partial charge in [0.1, 0.15) is 11.5 Å². The number of ether oxygens (including phenoxy) is 2. The van der Waals surface area contributed by atoms with Crippen molar-refractivity contribution >= 4 is 17.4 Å². The Morgan fingerprint density at radius 3 is 2.52 bits per heavy atom. The van der Waals surface area contributed by atoms with Crippen molar-refractivity contribution in [2.45, 2.75) is 0 Å². The van der Waals surface area contributed by atoms with E-state index in [2.05, 4.69) is 16.3 Å². The Hall–Kier alpha value is -3.40. The summed E-state index contributed by atoms with van der Waals surface area (Å²) in [5.74, 6) is 1.22. The number of benzene rings is 2. The molecule has 0 aliphatic carbocycles. The molecule has 0 bridgehead atoms. The fourth-order valence-electron chi connectivity index (χ4n) is 3.04. The molecule has 3 rings (SSSR count). The minimum atomic E-state index is -0.163. The summed E-state index contributed by atoms with van der Waals surface area (Å²) in [6.07, 6.45) is 0. The Labute approximate surface area is 158 Å². The lowest BCUT2D eigenvalue weighted by Crippen LogP contribution is -2.50. The first kappa shape index (κ1) is 18.4. The van der Waals surface area contributed by atoms with Gasteiger partial charge < -0.3 is 24.6 Å². The Morgan fingerprint density at radius 2 is 1.85 bits per heavy atom. The zero-order valence-corrected chi connectivity index (χ0v) is 15.4. The highest BCUT2D eigenvalue weighted by atomic mass is 16.5. The number of carbonyl (C=O) groups is 1. The second kappa shape index (κ2) is 8.32. The number of anilines is 2. The average molecular weight is 366 g/mol. The highest BCUT2D eigenvalue weighted by Crippen LogP contribution is 2.29. The molecule has 1 fully saturated rings. The van der Waals surface area contributed by atoms with E-state index in [0.717, 1.165) is 5.69 Å². The van der Waals surface area contributed by atoms with Crippen LogP contribution in [0.15, 0.2) is 42.5 Å². The van der Waals surface area contributed by atoms with Crippen molar-refractivity contribution in [2.24, 2.45) is 0 Å². The maximum atomic E-state index is 12.6. The Bertz CT molecular complexity index is 855. The summed E-state index contributed by atoms with van der Waals surface area (Å²) in [6.45, 7) is 2.62. The first-order valence-electron chi connectivity index (χ1n) is 8.67. The molecule has 0 aromatic heterocycles. The Kier molecular flexibility index (Phi) is 5.67. The maximum absolute atomic E-state index is 12.6. The second-order valence-electron chi connectivity index (χ2n) is 6.13. The molecule has 1 heterocycles. The lowest BCUT2D eigenvalue weighted by molar-refractivity contribution is 0.208. The Balaban J connectivity index is 1.61. The Morgan fingerprint density at radius 1 is 1.07 bits per heavy atom. The largest absolute Gasteiger partial charge is 0.497 e. The van der Waals surface area contributed by atoms with Gasteiger partial charge >= 0.3 is 6.03 Å². The third kappa shape index (κ3) is 4.23. The first-order chi connectivity index (χ1) is 13.1. The molecule has 2 aromatic carbocycles. The number of hydrogen-bond acceptors (Lipinski definition) is 5. The lowest BCUT2D eigenvalue weighted by Gasteiger charge is -2.36. The smallest absolute Gasteiger partial charge is 0.322 e. The number of nitrogens with zero attached hydrogens (tertiary/aromatic N) is 3. The summed E-state index contributed by atoms with van der Waals surface area (Å²) in [7, 11) is 3.14. The molecule has 1 aliphatic rings. The van der Waals surface area contributed by atoms with Gasteiger partial charge in [0, 0.05) is 37.9 Å². The molecule has 0 saturated carbocycles. The van der Waals surface area contributed by atoms with Crippen LogP contribution in [0.2, 0.25) is 0 Å². The minimum absolute atomic E-state index is 0.163. The normalized spacial score (nSPS) is 13.7. The maximum Gasteiger partial charge on any atom is 0.322 e. The van der Waals surface area contributed by atoms with Crippen LogP contribution in [0.1, 0.15) is 5.56 Å². The van der Waals surface area contributed by atoms with Gasteiger partial charge in [-0.15, -0.1) is 0 Å². The molecule has 27 heavy (non-hydrogen) atoms. The quantitative estimate of drug-likeness (QED) is 0.900. The molecule has 0 radical (unpaired) electrons. The van der Waals surface area contributed by atoms with Crippen molar-refractivity contribution in [1.29, 1.82) is 5.26 Å². The number of nitrogens with one attached hydrogen (secondary N) is 1. The van der Waals surface area contributed by atoms with E-state index in [1.165, 1.54) is 0 Å². The summed E-state index contributed by atoms with van der Waals surface area (Å²) in [4.78, 5) is 16.6. The van der Waals surface area contributed by atoms with E-state index >= 15 is 0 Å². The van der Waals surface area contributed by atoms with Crippen molar-refractivity contribution < 1.29 is 14.3 Å². The first-order valence-corrected chi connectivity index (χ1v) is 8.67. The van der Waals surface area contributed by atoms with Crippen LogP contribution in [-0.2, 0) is 0 Å². The molecular weight excluding hydrogens is 344 g/mol. The van der Waals surface area contributed by atoms with E-state index in [-0.39, 0.29) is 6.03 Å². The average Bonchev–Trinajstić information content (AvgIpc) is 2.74. The van der Waals surface area contributed by atoms with Crippen LogP contribution in [0.3, 0.4) is 0 Å². The fourth-order valence-corrected chi connectivity index (χ4v) is 3.04. The van der Waals surface area contributed by atoms with Crippen LogP contribution in [0.4, 0.5) is 16.2 Å². The van der Waals surface area contributed by atoms with Gasteiger partial charge in [-0.05, 0) is 30.3 Å². The van der Waals surface area contributed by atoms with Crippen LogP contribution in [0, 0.1) is 11.3 Å². The minimum Gasteiger partial charge on any atom is -0.497 e. The summed E-state index contributed by atoms with van der Waals surface area (Å²) in [5, 5.41) is 11.9. The zero-order chi connectivity index (χ0) is 19.2. The van der Waals surface area contributed by atoms with E-state index in [1.54, 1.807) is 43.4 Å². The van der Waals surface area contributed by atoms with Crippen LogP contribution >= 0.6 is 0 Å². The van der Waals surface area contributed by atoms with Crippen molar-refractivity contribution in [1.82, 2.24) is 4.90 Å². The molecule has 2 aromatic rings. The third-order valence-corrected chi connectivity index (χ3v) is 4.56. The number of rotatable bonds is 4. The summed E-state index contributed by atoms with van der Waals surface area (Å²) in [6, 6.07) is 14.8. The lowest BCUT2D eigenvalue weighted by atomic mass is 10.2. The predicted molar refractivity (Wildman–Crippen MR) is 104 cm³/mol. The fraction of sp³-hybridized carbons (Fsp3) is 0.300. The number of carbonyl (C=O) groups excluding carboxylic acids is 1. The molecule has 1 N–H and O–H groups in total. The molecule has 0 unspecified atom stereocenters. The molecule has 1 saturated heterocycles. The second-order valence-corrected chi connectivity index (χ2v) is 6.13. The van der Waals surface area contributed by atoms with Crippen molar-refractivity contribution in [3.8, 4) is 17.6 Å². The van der Waals surface area contributed by atoms with Crippen LogP contribution in [0.25, 0.3) is 0 Å². The van der Waals surface area contributed by atoms with Crippen molar-refractivity contribution in [2.75, 3.05) is 50.6 Å². The molecule has 7 nitrogen and oxygen atoms in total. The van der Waals surface area contributed by atoms with E-state index in [0.29, 0.717) is 48.9 Å². The van der Waals surface area contributed by atoms with Gasteiger partial charge in [0.25, 0.3) is 0 Å². The van der Waals surface area contributed by atoms with Crippen LogP contribution in [-0.4, -0.2) is 51.3 Å². The number of urea groups is 1. The summed E-state index contributed by atoms with van der Waals surface area (Å²) < 4.78 is 10.5. The number of nitriles is 1. The third-order valence-electron chi connectivity index (χ3n) is 4.56. The van der Waals surface area contributed by atoms with Crippen molar-refractivity contribution in [3.05, 3.63) is 48.0 Å². The number of hydrogen-bond donors (Lipinski definition) is 1. The molecule has 0 spiro atoms. The van der Waals surface area contributed by atoms with Crippen molar-refractivity contribution in [3.63, 3.8) is 0 Å². The van der Waals surface area contributed by atoms with Gasteiger partial charge in [-0.2, -0.15) is 5.26 Å². The SMILES string of the molecule is COc1ccc(NC(=O)N2CCN(c3cccc(C#N)c3)CC2)c(OC)c1. The van der Waals surface area contributed by atoms with Crippen LogP contribution in [0.5, 0.6) is 11.5 Å². The highest BCUT2D eigenvalue weighted by molar-refractivity contribution is 5.91. The number of methoxy groups -OCH3 is 2. The summed E-state index contributed by atoms with van der Waals surface area (Å²) >= 11 is 0. The molecule has 0 atom stereocenters. The van der Waals surface area contributed by atoms with Gasteiger partial charge in [0.05, 0.1) is 31.5 Å². The number of piperazine rings is 1. The van der Waals surface area contributed by atoms with Gasteiger partial charge in [-0.1, -0.05) is 6.07 Å². The number of amides is 2. The zero-order valence-electron chi connectivity index (χ0n) is 15.4. The molecule has 2 amide bonds. The standard InChI is InChI=1S/C20H22N4O3/c1-26-17-6-7-18(19(13-17)27-2)22-20(25)24-10-8-23(9-11-24)16-5-3-4-15(12-16)14-21/h3-7,12-13H,8-11H2,1-2H3,(H,22,25).